The SMILES string of the molecule is CC.Cc1ccc(N)c2c(C)ccc(N)c12. The maximum atomic E-state index is 5.94. The Bertz CT molecular complexity index is 412. The lowest BCUT2D eigenvalue weighted by Gasteiger charge is -2.10. The second-order valence-electron chi connectivity index (χ2n) is 3.69. The van der Waals surface area contributed by atoms with Crippen LogP contribution in [0.3, 0.4) is 0 Å². The molecule has 2 heteroatoms. The van der Waals surface area contributed by atoms with Crippen LogP contribution in [0.5, 0.6) is 0 Å². The number of aryl methyl sites for hydroxylation is 2. The van der Waals surface area contributed by atoms with Gasteiger partial charge in [0.25, 0.3) is 0 Å². The van der Waals surface area contributed by atoms with E-state index in [2.05, 4.69) is 13.8 Å². The zero-order valence-electron chi connectivity index (χ0n) is 10.5. The van der Waals surface area contributed by atoms with Gasteiger partial charge >= 0.3 is 0 Å². The number of benzene rings is 2. The van der Waals surface area contributed by atoms with Crippen molar-refractivity contribution in [2.75, 3.05) is 11.5 Å². The van der Waals surface area contributed by atoms with Gasteiger partial charge in [-0.2, -0.15) is 0 Å². The van der Waals surface area contributed by atoms with Gasteiger partial charge in [-0.25, -0.2) is 0 Å². The first-order chi connectivity index (χ1) is 7.61. The fourth-order valence-corrected chi connectivity index (χ4v) is 1.90. The molecule has 0 saturated heterocycles. The minimum Gasteiger partial charge on any atom is -0.398 e. The summed E-state index contributed by atoms with van der Waals surface area (Å²) in [4.78, 5) is 0. The predicted octanol–water partition coefficient (Wildman–Crippen LogP) is 3.65. The van der Waals surface area contributed by atoms with Crippen molar-refractivity contribution in [2.45, 2.75) is 27.7 Å². The Balaban J connectivity index is 0.000000606. The van der Waals surface area contributed by atoms with Crippen LogP contribution in [0.1, 0.15) is 25.0 Å². The van der Waals surface area contributed by atoms with Gasteiger partial charge < -0.3 is 11.5 Å². The molecule has 16 heavy (non-hydrogen) atoms. The van der Waals surface area contributed by atoms with Crippen molar-refractivity contribution in [1.82, 2.24) is 0 Å². The third-order valence-corrected chi connectivity index (χ3v) is 2.64. The molecule has 2 nitrogen and oxygen atoms in total. The van der Waals surface area contributed by atoms with Crippen LogP contribution in [-0.4, -0.2) is 0 Å². The average Bonchev–Trinajstić information content (AvgIpc) is 2.30. The highest BCUT2D eigenvalue weighted by Crippen LogP contribution is 2.31. The molecule has 0 atom stereocenters. The van der Waals surface area contributed by atoms with Crippen LogP contribution < -0.4 is 11.5 Å². The van der Waals surface area contributed by atoms with Gasteiger partial charge in [0.2, 0.25) is 0 Å². The molecule has 2 aromatic carbocycles. The van der Waals surface area contributed by atoms with Gasteiger partial charge in [-0.15, -0.1) is 0 Å². The molecule has 0 heterocycles. The molecule has 0 bridgehead atoms. The number of hydrogen-bond donors (Lipinski definition) is 2. The normalized spacial score (nSPS) is 9.75. The van der Waals surface area contributed by atoms with Crippen LogP contribution in [0, 0.1) is 13.8 Å². The smallest absolute Gasteiger partial charge is 0.0397 e. The summed E-state index contributed by atoms with van der Waals surface area (Å²) < 4.78 is 0. The number of nitrogen functional groups attached to an aromatic ring is 2. The van der Waals surface area contributed by atoms with E-state index in [1.807, 2.05) is 38.1 Å². The number of nitrogens with two attached hydrogens (primary N) is 2. The monoisotopic (exact) mass is 216 g/mol. The Labute approximate surface area is 97.3 Å². The Kier molecular flexibility index (Phi) is 3.78. The summed E-state index contributed by atoms with van der Waals surface area (Å²) in [6.45, 7) is 8.11. The Hall–Kier alpha value is -1.70. The van der Waals surface area contributed by atoms with Crippen molar-refractivity contribution < 1.29 is 0 Å². The van der Waals surface area contributed by atoms with Crippen molar-refractivity contribution in [3.63, 3.8) is 0 Å². The first kappa shape index (κ1) is 12.4. The van der Waals surface area contributed by atoms with Gasteiger partial charge in [0.15, 0.2) is 0 Å². The van der Waals surface area contributed by atoms with E-state index in [9.17, 15) is 0 Å². The van der Waals surface area contributed by atoms with Crippen molar-refractivity contribution in [1.29, 1.82) is 0 Å². The third kappa shape index (κ3) is 1.96. The average molecular weight is 216 g/mol. The molecule has 0 aliphatic heterocycles. The molecule has 0 radical (unpaired) electrons. The predicted molar refractivity (Wildman–Crippen MR) is 73.6 cm³/mol. The number of hydrogen-bond acceptors (Lipinski definition) is 2. The quantitative estimate of drug-likeness (QED) is 0.660. The summed E-state index contributed by atoms with van der Waals surface area (Å²) in [5.74, 6) is 0. The molecular formula is C14H20N2. The van der Waals surface area contributed by atoms with Crippen LogP contribution in [0.25, 0.3) is 10.8 Å². The van der Waals surface area contributed by atoms with Gasteiger partial charge in [-0.3, -0.25) is 0 Å². The minimum atomic E-state index is 0.801. The molecule has 4 N–H and O–H groups in total. The second kappa shape index (κ2) is 4.88. The number of anilines is 2. The van der Waals surface area contributed by atoms with E-state index >= 15 is 0 Å². The topological polar surface area (TPSA) is 52.0 Å². The zero-order valence-corrected chi connectivity index (χ0v) is 10.5. The summed E-state index contributed by atoms with van der Waals surface area (Å²) in [6, 6.07) is 7.88. The summed E-state index contributed by atoms with van der Waals surface area (Å²) >= 11 is 0. The number of rotatable bonds is 0. The van der Waals surface area contributed by atoms with E-state index in [1.54, 1.807) is 0 Å². The van der Waals surface area contributed by atoms with Crippen molar-refractivity contribution >= 4 is 22.1 Å². The van der Waals surface area contributed by atoms with Crippen molar-refractivity contribution in [2.24, 2.45) is 0 Å². The van der Waals surface area contributed by atoms with Crippen molar-refractivity contribution in [3.8, 4) is 0 Å². The highest BCUT2D eigenvalue weighted by Gasteiger charge is 2.06. The van der Waals surface area contributed by atoms with Crippen LogP contribution in [0.15, 0.2) is 24.3 Å². The van der Waals surface area contributed by atoms with Crippen LogP contribution in [0.4, 0.5) is 11.4 Å². The van der Waals surface area contributed by atoms with E-state index in [0.717, 1.165) is 22.1 Å². The maximum Gasteiger partial charge on any atom is 0.0397 e. The molecule has 2 rings (SSSR count). The van der Waals surface area contributed by atoms with Crippen LogP contribution in [-0.2, 0) is 0 Å². The minimum absolute atomic E-state index is 0.801. The molecule has 0 unspecified atom stereocenters. The van der Waals surface area contributed by atoms with E-state index < -0.39 is 0 Å². The van der Waals surface area contributed by atoms with Gasteiger partial charge in [0.1, 0.15) is 0 Å². The van der Waals surface area contributed by atoms with Gasteiger partial charge in [-0.05, 0) is 37.1 Å². The summed E-state index contributed by atoms with van der Waals surface area (Å²) in [5.41, 5.74) is 15.8. The summed E-state index contributed by atoms with van der Waals surface area (Å²) in [6.07, 6.45) is 0. The maximum absolute atomic E-state index is 5.94. The lowest BCUT2D eigenvalue weighted by atomic mass is 9.98. The molecule has 0 fully saturated rings. The zero-order chi connectivity index (χ0) is 12.3. The largest absolute Gasteiger partial charge is 0.398 e. The Morgan fingerprint density at radius 1 is 0.688 bits per heavy atom. The van der Waals surface area contributed by atoms with Gasteiger partial charge in [0.05, 0.1) is 0 Å². The highest BCUT2D eigenvalue weighted by molar-refractivity contribution is 6.04. The first-order valence-electron chi connectivity index (χ1n) is 5.65. The molecule has 0 saturated carbocycles. The summed E-state index contributed by atoms with van der Waals surface area (Å²) in [5, 5.41) is 2.18. The fourth-order valence-electron chi connectivity index (χ4n) is 1.90. The lowest BCUT2D eigenvalue weighted by molar-refractivity contribution is 1.48. The summed E-state index contributed by atoms with van der Waals surface area (Å²) in [7, 11) is 0. The molecule has 0 aliphatic rings. The van der Waals surface area contributed by atoms with Crippen LogP contribution >= 0.6 is 0 Å². The van der Waals surface area contributed by atoms with E-state index in [4.69, 9.17) is 11.5 Å². The lowest BCUT2D eigenvalue weighted by Crippen LogP contribution is -1.95. The third-order valence-electron chi connectivity index (χ3n) is 2.64. The van der Waals surface area contributed by atoms with E-state index in [0.29, 0.717) is 0 Å². The second-order valence-corrected chi connectivity index (χ2v) is 3.69. The van der Waals surface area contributed by atoms with Crippen molar-refractivity contribution in [3.05, 3.63) is 35.4 Å². The molecule has 0 aliphatic carbocycles. The first-order valence-corrected chi connectivity index (χ1v) is 5.65. The molecule has 2 aromatic rings. The Morgan fingerprint density at radius 2 is 1.00 bits per heavy atom. The standard InChI is InChI=1S/C12H14N2.C2H6/c1-7-3-5-10(14)12-8(2)4-6-9(13)11(7)12;1-2/h3-6H,13-14H2,1-2H3;1-2H3. The van der Waals surface area contributed by atoms with Gasteiger partial charge in [-0.1, -0.05) is 26.0 Å². The number of fused-ring (bicyclic) bond motifs is 1. The molecule has 0 aromatic heterocycles. The van der Waals surface area contributed by atoms with Gasteiger partial charge in [0, 0.05) is 22.1 Å². The fraction of sp³-hybridized carbons (Fsp3) is 0.286. The highest BCUT2D eigenvalue weighted by atomic mass is 14.6. The van der Waals surface area contributed by atoms with E-state index in [1.165, 1.54) is 11.1 Å². The molecule has 0 spiro atoms. The Morgan fingerprint density at radius 3 is 1.31 bits per heavy atom. The van der Waals surface area contributed by atoms with Crippen LogP contribution in [0.2, 0.25) is 0 Å². The molecule has 0 amide bonds. The molecular weight excluding hydrogens is 196 g/mol. The molecule has 86 valence electrons. The van der Waals surface area contributed by atoms with E-state index in [-0.39, 0.29) is 0 Å².